The van der Waals surface area contributed by atoms with Crippen LogP contribution in [0.25, 0.3) is 5.65 Å². The van der Waals surface area contributed by atoms with Crippen LogP contribution in [0.15, 0.2) is 24.4 Å². The first-order valence-corrected chi connectivity index (χ1v) is 6.41. The first-order valence-electron chi connectivity index (χ1n) is 6.41. The Kier molecular flexibility index (Phi) is 2.58. The SMILES string of the molecule is Cc1cccc2nc(C(=O)NC(C)C3CC3)cn12. The number of carbonyl (C=O) groups is 1. The normalized spacial score (nSPS) is 16.8. The van der Waals surface area contributed by atoms with Crippen LogP contribution in [-0.2, 0) is 0 Å². The Morgan fingerprint density at radius 2 is 2.28 bits per heavy atom. The molecule has 1 saturated carbocycles. The van der Waals surface area contributed by atoms with Crippen LogP contribution in [0.3, 0.4) is 0 Å². The van der Waals surface area contributed by atoms with Crippen LogP contribution in [0, 0.1) is 12.8 Å². The average molecular weight is 243 g/mol. The van der Waals surface area contributed by atoms with Crippen LogP contribution in [0.4, 0.5) is 0 Å². The number of nitrogens with one attached hydrogen (secondary N) is 1. The molecule has 0 radical (unpaired) electrons. The van der Waals surface area contributed by atoms with Crippen molar-refractivity contribution < 1.29 is 4.79 Å². The number of hydrogen-bond acceptors (Lipinski definition) is 2. The highest BCUT2D eigenvalue weighted by atomic mass is 16.2. The van der Waals surface area contributed by atoms with Crippen LogP contribution in [0.5, 0.6) is 0 Å². The van der Waals surface area contributed by atoms with E-state index in [9.17, 15) is 4.79 Å². The average Bonchev–Trinajstić information content (AvgIpc) is 3.09. The molecule has 3 rings (SSSR count). The van der Waals surface area contributed by atoms with Crippen molar-refractivity contribution in [1.82, 2.24) is 14.7 Å². The van der Waals surface area contributed by atoms with Gasteiger partial charge >= 0.3 is 0 Å². The summed E-state index contributed by atoms with van der Waals surface area (Å²) in [6.07, 6.45) is 4.26. The van der Waals surface area contributed by atoms with Crippen LogP contribution in [0.2, 0.25) is 0 Å². The molecule has 94 valence electrons. The van der Waals surface area contributed by atoms with Gasteiger partial charge in [0.2, 0.25) is 0 Å². The lowest BCUT2D eigenvalue weighted by Crippen LogP contribution is -2.34. The number of aromatic nitrogens is 2. The van der Waals surface area contributed by atoms with Crippen LogP contribution < -0.4 is 5.32 Å². The molecule has 4 nitrogen and oxygen atoms in total. The maximum atomic E-state index is 12.1. The fraction of sp³-hybridized carbons (Fsp3) is 0.429. The van der Waals surface area contributed by atoms with Crippen molar-refractivity contribution in [3.8, 4) is 0 Å². The summed E-state index contributed by atoms with van der Waals surface area (Å²) in [4.78, 5) is 16.4. The van der Waals surface area contributed by atoms with Gasteiger partial charge in [0.1, 0.15) is 11.3 Å². The first kappa shape index (κ1) is 11.3. The second kappa shape index (κ2) is 4.12. The number of aryl methyl sites for hydroxylation is 1. The fourth-order valence-electron chi connectivity index (χ4n) is 2.25. The maximum absolute atomic E-state index is 12.1. The van der Waals surface area contributed by atoms with E-state index in [-0.39, 0.29) is 11.9 Å². The Labute approximate surface area is 106 Å². The van der Waals surface area contributed by atoms with Gasteiger partial charge in [-0.25, -0.2) is 4.98 Å². The third kappa shape index (κ3) is 1.98. The molecule has 1 atom stereocenters. The van der Waals surface area contributed by atoms with E-state index in [1.54, 1.807) is 6.20 Å². The molecule has 1 amide bonds. The quantitative estimate of drug-likeness (QED) is 0.898. The Balaban J connectivity index is 1.84. The summed E-state index contributed by atoms with van der Waals surface area (Å²) in [7, 11) is 0. The molecule has 2 aromatic heterocycles. The molecule has 1 fully saturated rings. The monoisotopic (exact) mass is 243 g/mol. The molecular formula is C14H17N3O. The van der Waals surface area contributed by atoms with Gasteiger partial charge in [0, 0.05) is 17.9 Å². The molecule has 2 aromatic rings. The van der Waals surface area contributed by atoms with Crippen molar-refractivity contribution in [3.05, 3.63) is 35.8 Å². The van der Waals surface area contributed by atoms with E-state index in [4.69, 9.17) is 0 Å². The number of fused-ring (bicyclic) bond motifs is 1. The summed E-state index contributed by atoms with van der Waals surface area (Å²) < 4.78 is 1.94. The predicted octanol–water partition coefficient (Wildman–Crippen LogP) is 2.17. The minimum atomic E-state index is -0.0718. The van der Waals surface area contributed by atoms with Gasteiger partial charge in [-0.15, -0.1) is 0 Å². The molecule has 0 spiro atoms. The fourth-order valence-corrected chi connectivity index (χ4v) is 2.25. The van der Waals surface area contributed by atoms with E-state index in [0.29, 0.717) is 11.6 Å². The summed E-state index contributed by atoms with van der Waals surface area (Å²) in [6.45, 7) is 4.07. The van der Waals surface area contributed by atoms with Crippen LogP contribution in [0.1, 0.15) is 35.9 Å². The Bertz CT molecular complexity index is 598. The van der Waals surface area contributed by atoms with Crippen LogP contribution in [-0.4, -0.2) is 21.3 Å². The minimum absolute atomic E-state index is 0.0718. The van der Waals surface area contributed by atoms with Crippen molar-refractivity contribution in [1.29, 1.82) is 0 Å². The predicted molar refractivity (Wildman–Crippen MR) is 69.6 cm³/mol. The van der Waals surface area contributed by atoms with Gasteiger partial charge in [0.25, 0.3) is 5.91 Å². The molecule has 1 unspecified atom stereocenters. The second-order valence-corrected chi connectivity index (χ2v) is 5.12. The number of carbonyl (C=O) groups excluding carboxylic acids is 1. The van der Waals surface area contributed by atoms with Gasteiger partial charge in [0.05, 0.1) is 0 Å². The van der Waals surface area contributed by atoms with E-state index in [2.05, 4.69) is 17.2 Å². The Morgan fingerprint density at radius 3 is 2.94 bits per heavy atom. The van der Waals surface area contributed by atoms with Crippen molar-refractivity contribution in [2.24, 2.45) is 5.92 Å². The number of pyridine rings is 1. The van der Waals surface area contributed by atoms with Gasteiger partial charge in [-0.3, -0.25) is 4.79 Å². The van der Waals surface area contributed by atoms with E-state index >= 15 is 0 Å². The van der Waals surface area contributed by atoms with E-state index < -0.39 is 0 Å². The first-order chi connectivity index (χ1) is 8.65. The summed E-state index contributed by atoms with van der Waals surface area (Å²) >= 11 is 0. The van der Waals surface area contributed by atoms with Gasteiger partial charge in [-0.1, -0.05) is 6.07 Å². The second-order valence-electron chi connectivity index (χ2n) is 5.12. The number of imidazole rings is 1. The lowest BCUT2D eigenvalue weighted by atomic mass is 10.2. The highest BCUT2D eigenvalue weighted by molar-refractivity contribution is 5.93. The molecule has 0 saturated heterocycles. The molecule has 0 bridgehead atoms. The summed E-state index contributed by atoms with van der Waals surface area (Å²) in [5.41, 5.74) is 2.39. The van der Waals surface area contributed by atoms with Gasteiger partial charge in [-0.2, -0.15) is 0 Å². The van der Waals surface area contributed by atoms with Crippen molar-refractivity contribution in [3.63, 3.8) is 0 Å². The van der Waals surface area contributed by atoms with Gasteiger partial charge < -0.3 is 9.72 Å². The smallest absolute Gasteiger partial charge is 0.271 e. The number of nitrogens with zero attached hydrogens (tertiary/aromatic N) is 2. The standard InChI is InChI=1S/C14H17N3O/c1-9-4-3-5-13-16-12(8-17(9)13)14(18)15-10(2)11-6-7-11/h3-5,8,10-11H,6-7H2,1-2H3,(H,15,18). The minimum Gasteiger partial charge on any atom is -0.348 e. The van der Waals surface area contributed by atoms with Gasteiger partial charge in [-0.05, 0) is 44.7 Å². The zero-order valence-corrected chi connectivity index (χ0v) is 10.7. The Hall–Kier alpha value is -1.84. The molecule has 0 aliphatic heterocycles. The number of hydrogen-bond donors (Lipinski definition) is 1. The molecule has 2 heterocycles. The molecule has 1 N–H and O–H groups in total. The van der Waals surface area contributed by atoms with Crippen LogP contribution >= 0.6 is 0 Å². The van der Waals surface area contributed by atoms with E-state index in [1.165, 1.54) is 12.8 Å². The summed E-state index contributed by atoms with van der Waals surface area (Å²) in [6, 6.07) is 6.12. The van der Waals surface area contributed by atoms with E-state index in [0.717, 1.165) is 11.3 Å². The molecule has 1 aliphatic rings. The highest BCUT2D eigenvalue weighted by Crippen LogP contribution is 2.32. The topological polar surface area (TPSA) is 46.4 Å². The molecular weight excluding hydrogens is 226 g/mol. The van der Waals surface area contributed by atoms with Crippen molar-refractivity contribution >= 4 is 11.6 Å². The van der Waals surface area contributed by atoms with Crippen molar-refractivity contribution in [2.45, 2.75) is 32.7 Å². The lowest BCUT2D eigenvalue weighted by Gasteiger charge is -2.10. The lowest BCUT2D eigenvalue weighted by molar-refractivity contribution is 0.0931. The van der Waals surface area contributed by atoms with Crippen molar-refractivity contribution in [2.75, 3.05) is 0 Å². The summed E-state index contributed by atoms with van der Waals surface area (Å²) in [5.74, 6) is 0.588. The summed E-state index contributed by atoms with van der Waals surface area (Å²) in [5, 5.41) is 3.02. The number of amides is 1. The highest BCUT2D eigenvalue weighted by Gasteiger charge is 2.29. The Morgan fingerprint density at radius 1 is 1.50 bits per heavy atom. The third-order valence-corrected chi connectivity index (χ3v) is 3.62. The molecule has 1 aliphatic carbocycles. The zero-order chi connectivity index (χ0) is 12.7. The molecule has 4 heteroatoms. The zero-order valence-electron chi connectivity index (χ0n) is 10.7. The largest absolute Gasteiger partial charge is 0.348 e. The molecule has 18 heavy (non-hydrogen) atoms. The number of rotatable bonds is 3. The molecule has 0 aromatic carbocycles. The van der Waals surface area contributed by atoms with E-state index in [1.807, 2.05) is 29.5 Å². The van der Waals surface area contributed by atoms with Gasteiger partial charge in [0.15, 0.2) is 0 Å². The third-order valence-electron chi connectivity index (χ3n) is 3.62. The maximum Gasteiger partial charge on any atom is 0.271 e.